The van der Waals surface area contributed by atoms with Gasteiger partial charge >= 0.3 is 0 Å². The van der Waals surface area contributed by atoms with E-state index >= 15 is 0 Å². The predicted octanol–water partition coefficient (Wildman–Crippen LogP) is 3.62. The molecule has 0 amide bonds. The molecule has 0 atom stereocenters. The van der Waals surface area contributed by atoms with Crippen LogP contribution in [0.25, 0.3) is 10.8 Å². The van der Waals surface area contributed by atoms with Gasteiger partial charge in [0.25, 0.3) is 0 Å². The molecule has 4 nitrogen and oxygen atoms in total. The molecule has 0 unspecified atom stereocenters. The molecule has 1 fully saturated rings. The Hall–Kier alpha value is -2.59. The number of piperazine rings is 1. The fourth-order valence-corrected chi connectivity index (χ4v) is 3.63. The Labute approximate surface area is 155 Å². The molecule has 0 radical (unpaired) electrons. The Balaban J connectivity index is 1.51. The molecule has 1 aromatic heterocycles. The smallest absolute Gasteiger partial charge is 0.136 e. The van der Waals surface area contributed by atoms with Crippen LogP contribution in [-0.4, -0.2) is 50.2 Å². The second kappa shape index (κ2) is 7.34. The molecule has 0 aliphatic carbocycles. The molecule has 134 valence electrons. The SMILES string of the molecule is CN(C)c1ccc2ccnc(N3CCN(Cc4ccccc4)CC3)c2c1. The molecule has 4 heteroatoms. The Morgan fingerprint density at radius 2 is 1.69 bits per heavy atom. The van der Waals surface area contributed by atoms with Crippen LogP contribution in [0.15, 0.2) is 60.8 Å². The molecule has 26 heavy (non-hydrogen) atoms. The zero-order valence-corrected chi connectivity index (χ0v) is 15.6. The Morgan fingerprint density at radius 3 is 2.42 bits per heavy atom. The van der Waals surface area contributed by atoms with Crippen molar-refractivity contribution in [1.29, 1.82) is 0 Å². The number of hydrogen-bond acceptors (Lipinski definition) is 4. The lowest BCUT2D eigenvalue weighted by Crippen LogP contribution is -2.46. The zero-order valence-electron chi connectivity index (χ0n) is 15.6. The third kappa shape index (κ3) is 3.51. The number of hydrogen-bond donors (Lipinski definition) is 0. The van der Waals surface area contributed by atoms with Crippen molar-refractivity contribution in [3.05, 3.63) is 66.4 Å². The maximum absolute atomic E-state index is 4.73. The average Bonchev–Trinajstić information content (AvgIpc) is 2.68. The molecule has 4 rings (SSSR count). The zero-order chi connectivity index (χ0) is 17.9. The monoisotopic (exact) mass is 346 g/mol. The summed E-state index contributed by atoms with van der Waals surface area (Å²) in [6.07, 6.45) is 1.93. The van der Waals surface area contributed by atoms with Gasteiger partial charge in [0.1, 0.15) is 5.82 Å². The summed E-state index contributed by atoms with van der Waals surface area (Å²) in [6, 6.07) is 19.5. The maximum Gasteiger partial charge on any atom is 0.136 e. The second-order valence-corrected chi connectivity index (χ2v) is 7.18. The van der Waals surface area contributed by atoms with Gasteiger partial charge in [-0.05, 0) is 29.1 Å². The molecule has 0 spiro atoms. The molecule has 1 aliphatic heterocycles. The van der Waals surface area contributed by atoms with E-state index in [0.29, 0.717) is 0 Å². The second-order valence-electron chi connectivity index (χ2n) is 7.18. The number of benzene rings is 2. The van der Waals surface area contributed by atoms with E-state index in [-0.39, 0.29) is 0 Å². The van der Waals surface area contributed by atoms with Gasteiger partial charge in [0, 0.05) is 64.1 Å². The molecule has 2 heterocycles. The normalized spacial score (nSPS) is 15.4. The fourth-order valence-electron chi connectivity index (χ4n) is 3.63. The third-order valence-electron chi connectivity index (χ3n) is 5.17. The van der Waals surface area contributed by atoms with Crippen molar-refractivity contribution in [2.24, 2.45) is 0 Å². The highest BCUT2D eigenvalue weighted by Crippen LogP contribution is 2.29. The van der Waals surface area contributed by atoms with E-state index in [1.54, 1.807) is 0 Å². The van der Waals surface area contributed by atoms with Gasteiger partial charge in [-0.1, -0.05) is 36.4 Å². The van der Waals surface area contributed by atoms with Crippen LogP contribution in [0, 0.1) is 0 Å². The Morgan fingerprint density at radius 1 is 0.923 bits per heavy atom. The van der Waals surface area contributed by atoms with E-state index in [4.69, 9.17) is 4.98 Å². The summed E-state index contributed by atoms with van der Waals surface area (Å²) in [5.74, 6) is 1.12. The minimum atomic E-state index is 1.02. The molecular formula is C22H26N4. The number of pyridine rings is 1. The summed E-state index contributed by atoms with van der Waals surface area (Å²) in [5.41, 5.74) is 2.61. The molecule has 0 saturated carbocycles. The quantitative estimate of drug-likeness (QED) is 0.719. The van der Waals surface area contributed by atoms with Crippen molar-refractivity contribution in [2.45, 2.75) is 6.54 Å². The van der Waals surface area contributed by atoms with Gasteiger partial charge in [0.05, 0.1) is 0 Å². The van der Waals surface area contributed by atoms with E-state index in [9.17, 15) is 0 Å². The molecule has 2 aromatic carbocycles. The summed E-state index contributed by atoms with van der Waals surface area (Å²) in [6.45, 7) is 5.21. The molecular weight excluding hydrogens is 320 g/mol. The number of anilines is 2. The number of fused-ring (bicyclic) bond motifs is 1. The van der Waals surface area contributed by atoms with Crippen LogP contribution >= 0.6 is 0 Å². The molecule has 1 saturated heterocycles. The maximum atomic E-state index is 4.73. The van der Waals surface area contributed by atoms with Crippen LogP contribution in [-0.2, 0) is 6.54 Å². The van der Waals surface area contributed by atoms with Crippen LogP contribution < -0.4 is 9.80 Å². The summed E-state index contributed by atoms with van der Waals surface area (Å²) < 4.78 is 0. The largest absolute Gasteiger partial charge is 0.378 e. The van der Waals surface area contributed by atoms with Crippen molar-refractivity contribution < 1.29 is 0 Å². The summed E-state index contributed by atoms with van der Waals surface area (Å²) in [4.78, 5) is 11.8. The lowest BCUT2D eigenvalue weighted by atomic mass is 10.1. The number of nitrogens with zero attached hydrogens (tertiary/aromatic N) is 4. The van der Waals surface area contributed by atoms with Gasteiger partial charge in [0.2, 0.25) is 0 Å². The third-order valence-corrected chi connectivity index (χ3v) is 5.17. The summed E-state index contributed by atoms with van der Waals surface area (Å²) >= 11 is 0. The highest BCUT2D eigenvalue weighted by molar-refractivity contribution is 5.94. The van der Waals surface area contributed by atoms with Gasteiger partial charge in [0.15, 0.2) is 0 Å². The molecule has 3 aromatic rings. The first-order valence-corrected chi connectivity index (χ1v) is 9.28. The molecule has 0 bridgehead atoms. The van der Waals surface area contributed by atoms with Crippen molar-refractivity contribution in [1.82, 2.24) is 9.88 Å². The first kappa shape index (κ1) is 16.9. The van der Waals surface area contributed by atoms with Crippen molar-refractivity contribution in [2.75, 3.05) is 50.1 Å². The van der Waals surface area contributed by atoms with Crippen LogP contribution in [0.2, 0.25) is 0 Å². The van der Waals surface area contributed by atoms with Crippen LogP contribution in [0.4, 0.5) is 11.5 Å². The lowest BCUT2D eigenvalue weighted by molar-refractivity contribution is 0.249. The van der Waals surface area contributed by atoms with E-state index < -0.39 is 0 Å². The summed E-state index contributed by atoms with van der Waals surface area (Å²) in [5, 5.41) is 2.50. The highest BCUT2D eigenvalue weighted by Gasteiger charge is 2.20. The van der Waals surface area contributed by atoms with Gasteiger partial charge in [-0.2, -0.15) is 0 Å². The standard InChI is InChI=1S/C22H26N4/c1-24(2)20-9-8-19-10-11-23-22(21(19)16-20)26-14-12-25(13-15-26)17-18-6-4-3-5-7-18/h3-11,16H,12-15,17H2,1-2H3. The minimum Gasteiger partial charge on any atom is -0.378 e. The minimum absolute atomic E-state index is 1.02. The average molecular weight is 346 g/mol. The Kier molecular flexibility index (Phi) is 4.76. The van der Waals surface area contributed by atoms with Crippen molar-refractivity contribution >= 4 is 22.3 Å². The van der Waals surface area contributed by atoms with Crippen molar-refractivity contribution in [3.63, 3.8) is 0 Å². The fraction of sp³-hybridized carbons (Fsp3) is 0.318. The van der Waals surface area contributed by atoms with Gasteiger partial charge in [-0.3, -0.25) is 4.90 Å². The van der Waals surface area contributed by atoms with E-state index in [0.717, 1.165) is 38.5 Å². The molecule has 1 aliphatic rings. The molecule has 0 N–H and O–H groups in total. The highest BCUT2D eigenvalue weighted by atomic mass is 15.3. The lowest BCUT2D eigenvalue weighted by Gasteiger charge is -2.36. The van der Waals surface area contributed by atoms with Crippen LogP contribution in [0.1, 0.15) is 5.56 Å². The number of rotatable bonds is 4. The van der Waals surface area contributed by atoms with E-state index in [1.165, 1.54) is 22.0 Å². The van der Waals surface area contributed by atoms with E-state index in [1.807, 2.05) is 6.20 Å². The van der Waals surface area contributed by atoms with Gasteiger partial charge in [-0.15, -0.1) is 0 Å². The Bertz CT molecular complexity index is 868. The van der Waals surface area contributed by atoms with Crippen molar-refractivity contribution in [3.8, 4) is 0 Å². The first-order chi connectivity index (χ1) is 12.7. The van der Waals surface area contributed by atoms with E-state index in [2.05, 4.69) is 83.4 Å². The number of aromatic nitrogens is 1. The first-order valence-electron chi connectivity index (χ1n) is 9.28. The predicted molar refractivity (Wildman–Crippen MR) is 110 cm³/mol. The topological polar surface area (TPSA) is 22.6 Å². The van der Waals surface area contributed by atoms with Gasteiger partial charge < -0.3 is 9.80 Å². The van der Waals surface area contributed by atoms with Gasteiger partial charge in [-0.25, -0.2) is 4.98 Å². The van der Waals surface area contributed by atoms with Crippen LogP contribution in [0.3, 0.4) is 0 Å². The van der Waals surface area contributed by atoms with Crippen LogP contribution in [0.5, 0.6) is 0 Å². The summed E-state index contributed by atoms with van der Waals surface area (Å²) in [7, 11) is 4.17.